The molecule has 1 aromatic carbocycles. The fraction of sp³-hybridized carbons (Fsp3) is 0.0833. The quantitative estimate of drug-likeness (QED) is 0.642. The second-order valence-corrected chi connectivity index (χ2v) is 3.80. The third-order valence-electron chi connectivity index (χ3n) is 2.47. The highest BCUT2D eigenvalue weighted by atomic mass is 35.5. The number of carbonyl (C=O) groups is 1. The second kappa shape index (κ2) is 3.81. The molecule has 0 radical (unpaired) electrons. The van der Waals surface area contributed by atoms with Gasteiger partial charge in [0.2, 0.25) is 0 Å². The molecular weight excluding hydrogens is 224 g/mol. The van der Waals surface area contributed by atoms with Crippen LogP contribution in [0.3, 0.4) is 0 Å². The fourth-order valence-corrected chi connectivity index (χ4v) is 1.92. The Bertz CT molecular complexity index is 586. The van der Waals surface area contributed by atoms with Crippen molar-refractivity contribution in [1.82, 2.24) is 0 Å². The van der Waals surface area contributed by atoms with Crippen LogP contribution >= 0.6 is 11.6 Å². The molecule has 0 fully saturated rings. The van der Waals surface area contributed by atoms with Crippen LogP contribution in [-0.4, -0.2) is 5.78 Å². The van der Waals surface area contributed by atoms with Crippen LogP contribution in [0.2, 0.25) is 5.02 Å². The molecule has 3 nitrogen and oxygen atoms in total. The van der Waals surface area contributed by atoms with Crippen LogP contribution in [0.25, 0.3) is 5.57 Å². The van der Waals surface area contributed by atoms with Gasteiger partial charge in [0.1, 0.15) is 17.7 Å². The van der Waals surface area contributed by atoms with Gasteiger partial charge >= 0.3 is 0 Å². The standard InChI is InChI=1S/C12H5ClN2O/c13-8-1-2-9-10(7(5-14)6-15)4-12(16)11(9)3-8/h1-3H,4H2. The van der Waals surface area contributed by atoms with Crippen LogP contribution in [0.5, 0.6) is 0 Å². The molecular formula is C12H5ClN2O. The monoisotopic (exact) mass is 228 g/mol. The van der Waals surface area contributed by atoms with E-state index >= 15 is 0 Å². The molecule has 1 aromatic rings. The molecule has 0 atom stereocenters. The number of nitrogens with zero attached hydrogens (tertiary/aromatic N) is 2. The van der Waals surface area contributed by atoms with Crippen molar-refractivity contribution in [3.05, 3.63) is 39.9 Å². The summed E-state index contributed by atoms with van der Waals surface area (Å²) in [5.74, 6) is -0.101. The first-order valence-electron chi connectivity index (χ1n) is 4.54. The number of benzene rings is 1. The first-order valence-corrected chi connectivity index (χ1v) is 4.91. The zero-order chi connectivity index (χ0) is 11.7. The Kier molecular flexibility index (Phi) is 2.48. The Morgan fingerprint density at radius 3 is 2.56 bits per heavy atom. The molecule has 1 aliphatic carbocycles. The van der Waals surface area contributed by atoms with Crippen molar-refractivity contribution in [2.24, 2.45) is 0 Å². The van der Waals surface area contributed by atoms with E-state index in [1.165, 1.54) is 0 Å². The average molecular weight is 229 g/mol. The van der Waals surface area contributed by atoms with Crippen LogP contribution in [0.4, 0.5) is 0 Å². The summed E-state index contributed by atoms with van der Waals surface area (Å²) in [5, 5.41) is 18.0. The minimum atomic E-state index is -0.101. The molecule has 0 heterocycles. The van der Waals surface area contributed by atoms with Crippen molar-refractivity contribution < 1.29 is 4.79 Å². The lowest BCUT2D eigenvalue weighted by Gasteiger charge is -1.99. The highest BCUT2D eigenvalue weighted by molar-refractivity contribution is 6.31. The lowest BCUT2D eigenvalue weighted by Crippen LogP contribution is -1.89. The topological polar surface area (TPSA) is 64.7 Å². The van der Waals surface area contributed by atoms with Gasteiger partial charge in [-0.15, -0.1) is 0 Å². The van der Waals surface area contributed by atoms with E-state index in [1.807, 2.05) is 0 Å². The summed E-state index contributed by atoms with van der Waals surface area (Å²) in [5.41, 5.74) is 1.63. The summed E-state index contributed by atoms with van der Waals surface area (Å²) >= 11 is 5.79. The number of hydrogen-bond donors (Lipinski definition) is 0. The molecule has 76 valence electrons. The van der Waals surface area contributed by atoms with Crippen LogP contribution < -0.4 is 0 Å². The van der Waals surface area contributed by atoms with Crippen molar-refractivity contribution >= 4 is 23.0 Å². The summed E-state index contributed by atoms with van der Waals surface area (Å²) in [4.78, 5) is 11.7. The number of rotatable bonds is 0. The fourth-order valence-electron chi connectivity index (χ4n) is 1.74. The highest BCUT2D eigenvalue weighted by Gasteiger charge is 2.26. The van der Waals surface area contributed by atoms with Gasteiger partial charge in [0, 0.05) is 17.0 Å². The van der Waals surface area contributed by atoms with E-state index in [-0.39, 0.29) is 17.8 Å². The SMILES string of the molecule is N#CC(C#N)=C1CC(=O)c2cc(Cl)ccc21. The maximum Gasteiger partial charge on any atom is 0.167 e. The van der Waals surface area contributed by atoms with Crippen LogP contribution in [0, 0.1) is 22.7 Å². The molecule has 16 heavy (non-hydrogen) atoms. The molecule has 0 aromatic heterocycles. The second-order valence-electron chi connectivity index (χ2n) is 3.37. The Labute approximate surface area is 97.2 Å². The molecule has 0 saturated carbocycles. The highest BCUT2D eigenvalue weighted by Crippen LogP contribution is 2.35. The zero-order valence-corrected chi connectivity index (χ0v) is 8.88. The van der Waals surface area contributed by atoms with Gasteiger partial charge in [0.05, 0.1) is 0 Å². The average Bonchev–Trinajstić information content (AvgIpc) is 2.58. The predicted octanol–water partition coefficient (Wildman–Crippen LogP) is 2.73. The van der Waals surface area contributed by atoms with Crippen molar-refractivity contribution in [2.75, 3.05) is 0 Å². The summed E-state index contributed by atoms with van der Waals surface area (Å²) in [6, 6.07) is 8.49. The van der Waals surface area contributed by atoms with Crippen molar-refractivity contribution in [3.63, 3.8) is 0 Å². The summed E-state index contributed by atoms with van der Waals surface area (Å²) in [7, 11) is 0. The van der Waals surface area contributed by atoms with E-state index in [0.717, 1.165) is 0 Å². The number of hydrogen-bond acceptors (Lipinski definition) is 3. The van der Waals surface area contributed by atoms with Crippen molar-refractivity contribution in [1.29, 1.82) is 10.5 Å². The lowest BCUT2D eigenvalue weighted by molar-refractivity contribution is 0.100. The zero-order valence-electron chi connectivity index (χ0n) is 8.12. The molecule has 4 heteroatoms. The maximum atomic E-state index is 11.7. The van der Waals surface area contributed by atoms with E-state index in [0.29, 0.717) is 21.7 Å². The third kappa shape index (κ3) is 1.48. The van der Waals surface area contributed by atoms with Gasteiger partial charge < -0.3 is 0 Å². The molecule has 0 amide bonds. The van der Waals surface area contributed by atoms with E-state index in [1.54, 1.807) is 30.3 Å². The molecule has 0 unspecified atom stereocenters. The van der Waals surface area contributed by atoms with Gasteiger partial charge in [0.25, 0.3) is 0 Å². The van der Waals surface area contributed by atoms with Gasteiger partial charge in [-0.1, -0.05) is 17.7 Å². The van der Waals surface area contributed by atoms with Gasteiger partial charge in [0.15, 0.2) is 5.78 Å². The number of allylic oxidation sites excluding steroid dienone is 2. The van der Waals surface area contributed by atoms with Crippen LogP contribution in [0.1, 0.15) is 22.3 Å². The lowest BCUT2D eigenvalue weighted by atomic mass is 10.0. The maximum absolute atomic E-state index is 11.7. The Morgan fingerprint density at radius 2 is 1.94 bits per heavy atom. The van der Waals surface area contributed by atoms with Gasteiger partial charge in [-0.05, 0) is 23.3 Å². The van der Waals surface area contributed by atoms with Gasteiger partial charge in [-0.2, -0.15) is 10.5 Å². The van der Waals surface area contributed by atoms with E-state index < -0.39 is 0 Å². The van der Waals surface area contributed by atoms with Crippen LogP contribution in [0.15, 0.2) is 23.8 Å². The smallest absolute Gasteiger partial charge is 0.167 e. The van der Waals surface area contributed by atoms with E-state index in [4.69, 9.17) is 22.1 Å². The Balaban J connectivity index is 2.72. The first-order chi connectivity index (χ1) is 7.67. The number of fused-ring (bicyclic) bond motifs is 1. The molecule has 2 rings (SSSR count). The number of ketones is 1. The molecule has 0 N–H and O–H groups in total. The minimum Gasteiger partial charge on any atom is -0.294 e. The van der Waals surface area contributed by atoms with Crippen molar-refractivity contribution in [3.8, 4) is 12.1 Å². The van der Waals surface area contributed by atoms with E-state index in [2.05, 4.69) is 0 Å². The molecule has 0 bridgehead atoms. The molecule has 0 spiro atoms. The molecule has 0 aliphatic heterocycles. The van der Waals surface area contributed by atoms with Gasteiger partial charge in [-0.25, -0.2) is 0 Å². The first kappa shape index (κ1) is 10.4. The molecule has 0 saturated heterocycles. The Morgan fingerprint density at radius 1 is 1.25 bits per heavy atom. The van der Waals surface area contributed by atoms with Crippen molar-refractivity contribution in [2.45, 2.75) is 6.42 Å². The summed E-state index contributed by atoms with van der Waals surface area (Å²) in [6.45, 7) is 0. The largest absolute Gasteiger partial charge is 0.294 e. The number of Topliss-reactive ketones (excluding diaryl/α,β-unsaturated/α-hetero) is 1. The molecule has 1 aliphatic rings. The Hall–Kier alpha value is -2.10. The minimum absolute atomic E-state index is 0.00516. The third-order valence-corrected chi connectivity index (χ3v) is 2.70. The normalized spacial score (nSPS) is 12.9. The number of carbonyl (C=O) groups excluding carboxylic acids is 1. The summed E-state index contributed by atoms with van der Waals surface area (Å²) < 4.78 is 0. The number of halogens is 1. The summed E-state index contributed by atoms with van der Waals surface area (Å²) in [6.07, 6.45) is 0.103. The predicted molar refractivity (Wildman–Crippen MR) is 58.5 cm³/mol. The number of nitriles is 2. The van der Waals surface area contributed by atoms with Crippen LogP contribution in [-0.2, 0) is 0 Å². The van der Waals surface area contributed by atoms with E-state index in [9.17, 15) is 4.79 Å². The van der Waals surface area contributed by atoms with Gasteiger partial charge in [-0.3, -0.25) is 4.79 Å².